The molecule has 1 unspecified atom stereocenters. The number of carbonyl (C=O) groups is 1. The number of nitrogens with zero attached hydrogens (tertiary/aromatic N) is 3. The number of Topliss-reactive ketones (excluding diaryl/α,β-unsaturated/α-hetero) is 1. The van der Waals surface area contributed by atoms with Crippen molar-refractivity contribution in [2.24, 2.45) is 0 Å². The van der Waals surface area contributed by atoms with Crippen LogP contribution >= 0.6 is 23.2 Å². The molecule has 1 heterocycles. The zero-order valence-corrected chi connectivity index (χ0v) is 17.0. The molecule has 2 fully saturated rings. The van der Waals surface area contributed by atoms with Crippen LogP contribution in [0.25, 0.3) is 0 Å². The fourth-order valence-corrected chi connectivity index (χ4v) is 2.58. The zero-order chi connectivity index (χ0) is 19.1. The van der Waals surface area contributed by atoms with Crippen LogP contribution in [0.15, 0.2) is 30.9 Å². The monoisotopic (exact) mass is 455 g/mol. The number of ketones is 1. The number of rotatable bonds is 5. The summed E-state index contributed by atoms with van der Waals surface area (Å²) in [7, 11) is 0. The van der Waals surface area contributed by atoms with Crippen molar-refractivity contribution in [3.05, 3.63) is 105 Å². The van der Waals surface area contributed by atoms with Gasteiger partial charge in [0.2, 0.25) is 5.78 Å². The summed E-state index contributed by atoms with van der Waals surface area (Å²) in [5.74, 6) is 0.555. The molecule has 2 saturated carbocycles. The summed E-state index contributed by atoms with van der Waals surface area (Å²) in [4.78, 5) is 16.5. The molecule has 0 aliphatic heterocycles. The summed E-state index contributed by atoms with van der Waals surface area (Å²) in [5.41, 5.74) is 0. The Morgan fingerprint density at radius 2 is 1.64 bits per heavy atom. The second-order valence-corrected chi connectivity index (χ2v) is 6.26. The van der Waals surface area contributed by atoms with Crippen LogP contribution in [0, 0.1) is 63.7 Å². The number of carbonyl (C=O) groups excluding carboxylic acids is 1. The molecule has 4 rings (SSSR count). The van der Waals surface area contributed by atoms with E-state index in [2.05, 4.69) is 10.1 Å². The van der Waals surface area contributed by atoms with E-state index in [-0.39, 0.29) is 22.9 Å². The molecular weight excluding hydrogens is 441 g/mol. The van der Waals surface area contributed by atoms with Crippen molar-refractivity contribution in [1.29, 1.82) is 0 Å². The summed E-state index contributed by atoms with van der Waals surface area (Å²) in [6, 6.07) is 4.79. The average molecular weight is 456 g/mol. The van der Waals surface area contributed by atoms with E-state index in [9.17, 15) is 4.79 Å². The van der Waals surface area contributed by atoms with Gasteiger partial charge in [-0.05, 0) is 69.9 Å². The molecule has 0 bridgehead atoms. The Balaban J connectivity index is 0.000000408. The summed E-state index contributed by atoms with van der Waals surface area (Å²) in [6.45, 7) is 0. The molecule has 0 saturated heterocycles. The molecule has 2 aromatic rings. The zero-order valence-electron chi connectivity index (χ0n) is 14.4. The second kappa shape index (κ2) is 11.8. The van der Waals surface area contributed by atoms with Crippen molar-refractivity contribution in [2.75, 3.05) is 0 Å². The Labute approximate surface area is 186 Å². The molecule has 142 valence electrons. The van der Waals surface area contributed by atoms with Crippen molar-refractivity contribution in [3.8, 4) is 5.75 Å². The van der Waals surface area contributed by atoms with E-state index in [0.29, 0.717) is 21.7 Å². The summed E-state index contributed by atoms with van der Waals surface area (Å²) in [5, 5.41) is 4.79. The fraction of sp³-hybridized carbons (Fsp3) is 0.0500. The fourth-order valence-electron chi connectivity index (χ4n) is 2.26. The molecule has 1 aromatic heterocycles. The smallest absolute Gasteiger partial charge is 0.460 e. The molecule has 0 N–H and O–H groups in total. The second-order valence-electron chi connectivity index (χ2n) is 5.42. The molecule has 28 heavy (non-hydrogen) atoms. The molecule has 8 heteroatoms. The quantitative estimate of drug-likeness (QED) is 0.635. The maximum atomic E-state index is 12.6. The summed E-state index contributed by atoms with van der Waals surface area (Å²) < 4.78 is 7.08. The Morgan fingerprint density at radius 3 is 2.21 bits per heavy atom. The number of hydrogen-bond donors (Lipinski definition) is 0. The first-order chi connectivity index (χ1) is 13.1. The molecule has 1 aromatic carbocycles. The Morgan fingerprint density at radius 1 is 1.00 bits per heavy atom. The Hall–Kier alpha value is -1.07. The summed E-state index contributed by atoms with van der Waals surface area (Å²) >= 11 is 12.0. The van der Waals surface area contributed by atoms with Gasteiger partial charge in [0.15, 0.2) is 0 Å². The van der Waals surface area contributed by atoms with Crippen LogP contribution in [0.3, 0.4) is 0 Å². The van der Waals surface area contributed by atoms with Gasteiger partial charge >= 0.3 is 17.1 Å². The molecule has 2 aliphatic rings. The molecule has 10 radical (unpaired) electrons. The number of hydrogen-bond acceptors (Lipinski definition) is 4. The number of benzene rings is 1. The minimum atomic E-state index is -1.01. The van der Waals surface area contributed by atoms with Crippen LogP contribution in [0.4, 0.5) is 0 Å². The van der Waals surface area contributed by atoms with Gasteiger partial charge in [0.05, 0.1) is 10.9 Å². The summed E-state index contributed by atoms with van der Waals surface area (Å²) in [6.07, 6.45) is 18.7. The van der Waals surface area contributed by atoms with Gasteiger partial charge in [0.1, 0.15) is 18.4 Å². The number of aromatic nitrogens is 3. The van der Waals surface area contributed by atoms with Crippen LogP contribution < -0.4 is 4.74 Å². The van der Waals surface area contributed by atoms with Crippen molar-refractivity contribution < 1.29 is 26.6 Å². The Bertz CT molecular complexity index is 725. The largest absolute Gasteiger partial charge is 2.00 e. The van der Waals surface area contributed by atoms with Crippen molar-refractivity contribution in [3.63, 3.8) is 0 Å². The van der Waals surface area contributed by atoms with Crippen molar-refractivity contribution >= 4 is 29.0 Å². The maximum absolute atomic E-state index is 12.6. The molecule has 5 nitrogen and oxygen atoms in total. The third-order valence-corrected chi connectivity index (χ3v) is 4.08. The molecule has 1 atom stereocenters. The van der Waals surface area contributed by atoms with Crippen LogP contribution in [0.2, 0.25) is 10.0 Å². The first kappa shape index (κ1) is 23.2. The molecule has 0 spiro atoms. The predicted octanol–water partition coefficient (Wildman–Crippen LogP) is 4.16. The van der Waals surface area contributed by atoms with E-state index >= 15 is 0 Å². The van der Waals surface area contributed by atoms with Gasteiger partial charge in [0, 0.05) is 11.1 Å². The van der Waals surface area contributed by atoms with Crippen LogP contribution in [-0.4, -0.2) is 20.5 Å². The first-order valence-electron chi connectivity index (χ1n) is 8.03. The van der Waals surface area contributed by atoms with Crippen LogP contribution in [0.5, 0.6) is 5.75 Å². The third kappa shape index (κ3) is 6.48. The van der Waals surface area contributed by atoms with E-state index < -0.39 is 6.23 Å². The van der Waals surface area contributed by atoms with Crippen molar-refractivity contribution in [1.82, 2.24) is 14.8 Å². The minimum Gasteiger partial charge on any atom is -0.460 e. The van der Waals surface area contributed by atoms with E-state index in [4.69, 9.17) is 27.9 Å². The standard InChI is InChI=1S/C15H10Cl2N3O2.C5H5.Fe/c16-11-5-6-12(17)13(7-11)22-15(20-9-18-8-19-20)14(21)10-3-1-2-4-10;1-2-4-5-3-1;/h1-9,15H;1-5H;/q;;+2. The van der Waals surface area contributed by atoms with Gasteiger partial charge in [-0.3, -0.25) is 4.79 Å². The van der Waals surface area contributed by atoms with Gasteiger partial charge in [0.25, 0.3) is 6.23 Å². The third-order valence-electron chi connectivity index (χ3n) is 3.54. The first-order valence-corrected chi connectivity index (χ1v) is 8.79. The van der Waals surface area contributed by atoms with E-state index in [1.165, 1.54) is 17.3 Å². The van der Waals surface area contributed by atoms with Gasteiger partial charge in [-0.25, -0.2) is 9.67 Å². The molecule has 2 aliphatic carbocycles. The van der Waals surface area contributed by atoms with Gasteiger partial charge in [-0.15, -0.1) is 0 Å². The van der Waals surface area contributed by atoms with Crippen molar-refractivity contribution in [2.45, 2.75) is 6.23 Å². The average Bonchev–Trinajstić information content (AvgIpc) is 3.46. The maximum Gasteiger partial charge on any atom is 2.00 e. The predicted molar refractivity (Wildman–Crippen MR) is 103 cm³/mol. The number of halogens is 2. The van der Waals surface area contributed by atoms with Crippen LogP contribution in [0.1, 0.15) is 6.23 Å². The van der Waals surface area contributed by atoms with Gasteiger partial charge < -0.3 is 4.74 Å². The van der Waals surface area contributed by atoms with E-state index in [1.807, 2.05) is 32.1 Å². The van der Waals surface area contributed by atoms with E-state index in [1.54, 1.807) is 43.9 Å². The van der Waals surface area contributed by atoms with Gasteiger partial charge in [-0.2, -0.15) is 5.10 Å². The number of ether oxygens (including phenoxy) is 1. The van der Waals surface area contributed by atoms with Crippen LogP contribution in [-0.2, 0) is 21.9 Å². The molecular formula is C20H15Cl2FeN3O2+2. The van der Waals surface area contributed by atoms with Gasteiger partial charge in [-0.1, -0.05) is 23.2 Å². The minimum absolute atomic E-state index is 0. The van der Waals surface area contributed by atoms with E-state index in [0.717, 1.165) is 0 Å². The normalized spacial score (nSPS) is 17.4. The Kier molecular flexibility index (Phi) is 9.80. The topological polar surface area (TPSA) is 57.0 Å². The SMILES string of the molecule is O=C([C]1[CH][CH][CH][CH]1)C(Oc1cc(Cl)ccc1Cl)n1cncn1.[CH]1[CH][CH][CH][CH]1.[Fe+2]. The molecule has 0 amide bonds.